The standard InChI is InChI=1S/C19H16BrFN2O3/c1-2-25-17-9-13(7-14(10-22)19(23)24)8-16(20)18(17)26-11-12-3-5-15(21)6-4-12/h3-9H,2,11H2,1H3,(H2,23,24)/b14-7+. The summed E-state index contributed by atoms with van der Waals surface area (Å²) in [4.78, 5) is 11.2. The number of carbonyl (C=O) groups excluding carboxylic acids is 1. The predicted molar refractivity (Wildman–Crippen MR) is 98.8 cm³/mol. The van der Waals surface area contributed by atoms with Crippen molar-refractivity contribution < 1.29 is 18.7 Å². The van der Waals surface area contributed by atoms with Gasteiger partial charge in [0.05, 0.1) is 11.1 Å². The monoisotopic (exact) mass is 418 g/mol. The highest BCUT2D eigenvalue weighted by Gasteiger charge is 2.13. The molecule has 1 amide bonds. The minimum atomic E-state index is -0.807. The summed E-state index contributed by atoms with van der Waals surface area (Å²) in [6, 6.07) is 11.1. The van der Waals surface area contributed by atoms with E-state index < -0.39 is 5.91 Å². The molecular formula is C19H16BrFN2O3. The maximum absolute atomic E-state index is 13.0. The maximum Gasteiger partial charge on any atom is 0.259 e. The fourth-order valence-electron chi connectivity index (χ4n) is 2.14. The number of hydrogen-bond acceptors (Lipinski definition) is 4. The zero-order chi connectivity index (χ0) is 19.1. The molecule has 0 fully saturated rings. The van der Waals surface area contributed by atoms with Gasteiger partial charge in [-0.3, -0.25) is 4.79 Å². The number of nitriles is 1. The van der Waals surface area contributed by atoms with Gasteiger partial charge >= 0.3 is 0 Å². The van der Waals surface area contributed by atoms with Crippen LogP contribution < -0.4 is 15.2 Å². The van der Waals surface area contributed by atoms with E-state index in [1.165, 1.54) is 18.2 Å². The average Bonchev–Trinajstić information content (AvgIpc) is 2.60. The second-order valence-corrected chi connectivity index (χ2v) is 6.07. The van der Waals surface area contributed by atoms with Crippen LogP contribution in [0.5, 0.6) is 11.5 Å². The summed E-state index contributed by atoms with van der Waals surface area (Å²) in [6.45, 7) is 2.44. The van der Waals surface area contributed by atoms with E-state index in [0.717, 1.165) is 5.56 Å². The molecule has 2 aromatic rings. The van der Waals surface area contributed by atoms with Gasteiger partial charge in [0.25, 0.3) is 5.91 Å². The van der Waals surface area contributed by atoms with E-state index in [2.05, 4.69) is 15.9 Å². The lowest BCUT2D eigenvalue weighted by Gasteiger charge is -2.15. The maximum atomic E-state index is 13.0. The second kappa shape index (κ2) is 9.02. The molecule has 0 aliphatic heterocycles. The molecule has 0 spiro atoms. The molecule has 7 heteroatoms. The summed E-state index contributed by atoms with van der Waals surface area (Å²) in [5.41, 5.74) is 6.35. The smallest absolute Gasteiger partial charge is 0.259 e. The van der Waals surface area contributed by atoms with E-state index in [-0.39, 0.29) is 18.0 Å². The van der Waals surface area contributed by atoms with Crippen LogP contribution in [0.4, 0.5) is 4.39 Å². The third-order valence-electron chi connectivity index (χ3n) is 3.33. The van der Waals surface area contributed by atoms with Crippen molar-refractivity contribution in [1.82, 2.24) is 0 Å². The predicted octanol–water partition coefficient (Wildman–Crippen LogP) is 3.96. The van der Waals surface area contributed by atoms with Crippen LogP contribution in [0.2, 0.25) is 0 Å². The van der Waals surface area contributed by atoms with Crippen LogP contribution in [-0.4, -0.2) is 12.5 Å². The van der Waals surface area contributed by atoms with Gasteiger partial charge in [-0.15, -0.1) is 0 Å². The van der Waals surface area contributed by atoms with Gasteiger partial charge < -0.3 is 15.2 Å². The molecule has 0 aliphatic carbocycles. The Morgan fingerprint density at radius 2 is 2.00 bits per heavy atom. The third-order valence-corrected chi connectivity index (χ3v) is 3.91. The van der Waals surface area contributed by atoms with Crippen molar-refractivity contribution in [1.29, 1.82) is 5.26 Å². The largest absolute Gasteiger partial charge is 0.490 e. The number of hydrogen-bond donors (Lipinski definition) is 1. The van der Waals surface area contributed by atoms with Gasteiger partial charge in [0.2, 0.25) is 0 Å². The molecule has 0 unspecified atom stereocenters. The first-order chi connectivity index (χ1) is 12.4. The molecule has 0 saturated carbocycles. The second-order valence-electron chi connectivity index (χ2n) is 5.21. The third kappa shape index (κ3) is 5.07. The highest BCUT2D eigenvalue weighted by Crippen LogP contribution is 2.38. The average molecular weight is 419 g/mol. The van der Waals surface area contributed by atoms with E-state index in [1.807, 2.05) is 6.92 Å². The summed E-state index contributed by atoms with van der Waals surface area (Å²) in [7, 11) is 0. The normalized spacial score (nSPS) is 10.9. The Morgan fingerprint density at radius 1 is 1.31 bits per heavy atom. The molecule has 0 bridgehead atoms. The van der Waals surface area contributed by atoms with Gasteiger partial charge in [0, 0.05) is 0 Å². The summed E-state index contributed by atoms with van der Waals surface area (Å²) >= 11 is 3.41. The van der Waals surface area contributed by atoms with E-state index >= 15 is 0 Å². The van der Waals surface area contributed by atoms with Crippen molar-refractivity contribution in [2.75, 3.05) is 6.61 Å². The first-order valence-electron chi connectivity index (χ1n) is 7.69. The molecule has 2 N–H and O–H groups in total. The molecule has 5 nitrogen and oxygen atoms in total. The van der Waals surface area contributed by atoms with E-state index in [0.29, 0.717) is 28.1 Å². The Bertz CT molecular complexity index is 874. The Labute approximate surface area is 159 Å². The van der Waals surface area contributed by atoms with Crippen LogP contribution in [0.3, 0.4) is 0 Å². The van der Waals surface area contributed by atoms with Gasteiger partial charge in [-0.1, -0.05) is 12.1 Å². The molecule has 0 radical (unpaired) electrons. The van der Waals surface area contributed by atoms with Crippen LogP contribution in [0.1, 0.15) is 18.1 Å². The number of ether oxygens (including phenoxy) is 2. The Hall–Kier alpha value is -2.85. The Balaban J connectivity index is 2.32. The van der Waals surface area contributed by atoms with Gasteiger partial charge in [0.15, 0.2) is 11.5 Å². The lowest BCUT2D eigenvalue weighted by molar-refractivity contribution is -0.114. The molecule has 26 heavy (non-hydrogen) atoms. The molecular weight excluding hydrogens is 403 g/mol. The molecule has 0 atom stereocenters. The number of halogens is 2. The SMILES string of the molecule is CCOc1cc(/C=C(\C#N)C(N)=O)cc(Br)c1OCc1ccc(F)cc1. The first-order valence-corrected chi connectivity index (χ1v) is 8.49. The van der Waals surface area contributed by atoms with Crippen LogP contribution in [0.15, 0.2) is 46.4 Å². The lowest BCUT2D eigenvalue weighted by atomic mass is 10.1. The van der Waals surface area contributed by atoms with Crippen molar-refractivity contribution in [2.24, 2.45) is 5.73 Å². The van der Waals surface area contributed by atoms with Crippen molar-refractivity contribution in [3.05, 3.63) is 63.4 Å². The summed E-state index contributed by atoms with van der Waals surface area (Å²) < 4.78 is 25.0. The highest BCUT2D eigenvalue weighted by atomic mass is 79.9. The topological polar surface area (TPSA) is 85.3 Å². The van der Waals surface area contributed by atoms with Crippen molar-refractivity contribution in [3.63, 3.8) is 0 Å². The number of primary amides is 1. The zero-order valence-electron chi connectivity index (χ0n) is 14.0. The van der Waals surface area contributed by atoms with Gasteiger partial charge in [-0.05, 0) is 64.3 Å². The number of benzene rings is 2. The molecule has 2 rings (SSSR count). The molecule has 0 heterocycles. The zero-order valence-corrected chi connectivity index (χ0v) is 15.5. The summed E-state index contributed by atoms with van der Waals surface area (Å²) in [5, 5.41) is 8.97. The van der Waals surface area contributed by atoms with Gasteiger partial charge in [-0.25, -0.2) is 4.39 Å². The molecule has 0 aliphatic rings. The minimum absolute atomic E-state index is 0.167. The van der Waals surface area contributed by atoms with Crippen LogP contribution >= 0.6 is 15.9 Å². The van der Waals surface area contributed by atoms with Crippen molar-refractivity contribution in [2.45, 2.75) is 13.5 Å². The Kier molecular flexibility index (Phi) is 6.75. The minimum Gasteiger partial charge on any atom is -0.490 e. The molecule has 2 aromatic carbocycles. The quantitative estimate of drug-likeness (QED) is 0.544. The van der Waals surface area contributed by atoms with Crippen LogP contribution in [-0.2, 0) is 11.4 Å². The highest BCUT2D eigenvalue weighted by molar-refractivity contribution is 9.10. The van der Waals surface area contributed by atoms with Crippen LogP contribution in [0, 0.1) is 17.1 Å². The number of carbonyl (C=O) groups is 1. The fourth-order valence-corrected chi connectivity index (χ4v) is 2.71. The van der Waals surface area contributed by atoms with Crippen molar-refractivity contribution in [3.8, 4) is 17.6 Å². The van der Waals surface area contributed by atoms with E-state index in [1.54, 1.807) is 30.3 Å². The Morgan fingerprint density at radius 3 is 2.58 bits per heavy atom. The molecule has 0 aromatic heterocycles. The summed E-state index contributed by atoms with van der Waals surface area (Å²) in [5.74, 6) is -0.218. The molecule has 134 valence electrons. The fraction of sp³-hybridized carbons (Fsp3) is 0.158. The van der Waals surface area contributed by atoms with Gasteiger partial charge in [0.1, 0.15) is 24.1 Å². The number of amides is 1. The van der Waals surface area contributed by atoms with Crippen LogP contribution in [0.25, 0.3) is 6.08 Å². The van der Waals surface area contributed by atoms with E-state index in [4.69, 9.17) is 20.5 Å². The van der Waals surface area contributed by atoms with E-state index in [9.17, 15) is 9.18 Å². The number of nitrogens with two attached hydrogens (primary N) is 1. The number of nitrogens with zero attached hydrogens (tertiary/aromatic N) is 1. The summed E-state index contributed by atoms with van der Waals surface area (Å²) in [6.07, 6.45) is 1.37. The van der Waals surface area contributed by atoms with Gasteiger partial charge in [-0.2, -0.15) is 5.26 Å². The number of rotatable bonds is 7. The first kappa shape index (κ1) is 19.5. The molecule has 0 saturated heterocycles. The lowest BCUT2D eigenvalue weighted by Crippen LogP contribution is -2.12. The van der Waals surface area contributed by atoms with Crippen molar-refractivity contribution >= 4 is 27.9 Å².